The molecule has 1 aromatic carbocycles. The number of phenolic OH excluding ortho intramolecular Hbond substituents is 1. The molecule has 76 valence electrons. The maximum atomic E-state index is 13.1. The second-order valence-corrected chi connectivity index (χ2v) is 2.60. The number of carbonyl (C=O) groups is 1. The van der Waals surface area contributed by atoms with Crippen molar-refractivity contribution in [3.63, 3.8) is 0 Å². The number of halogens is 1. The van der Waals surface area contributed by atoms with Crippen LogP contribution in [0.15, 0.2) is 18.2 Å². The Morgan fingerprint density at radius 3 is 2.71 bits per heavy atom. The third-order valence-electron chi connectivity index (χ3n) is 1.72. The number of carboxylic acids is 1. The molecule has 0 aromatic heterocycles. The quantitative estimate of drug-likeness (QED) is 0.775. The summed E-state index contributed by atoms with van der Waals surface area (Å²) in [5.74, 6) is -2.05. The van der Waals surface area contributed by atoms with Crippen molar-refractivity contribution in [3.05, 3.63) is 23.8 Å². The lowest BCUT2D eigenvalue weighted by atomic mass is 10.1. The lowest BCUT2D eigenvalue weighted by Crippen LogP contribution is -2.07. The monoisotopic (exact) mass is 200 g/mol. The van der Waals surface area contributed by atoms with E-state index in [-0.39, 0.29) is 17.1 Å². The molecule has 0 heterocycles. The molecule has 0 saturated carbocycles. The predicted molar refractivity (Wildman–Crippen MR) is 46.1 cm³/mol. The van der Waals surface area contributed by atoms with Crippen molar-refractivity contribution < 1.29 is 24.1 Å². The first-order chi connectivity index (χ1) is 6.57. The van der Waals surface area contributed by atoms with E-state index < -0.39 is 12.1 Å². The number of phenols is 1. The van der Waals surface area contributed by atoms with Crippen LogP contribution in [0, 0.1) is 0 Å². The van der Waals surface area contributed by atoms with Gasteiger partial charge in [0, 0.05) is 5.56 Å². The first-order valence-corrected chi connectivity index (χ1v) is 3.80. The maximum absolute atomic E-state index is 13.1. The van der Waals surface area contributed by atoms with E-state index in [2.05, 4.69) is 0 Å². The van der Waals surface area contributed by atoms with Gasteiger partial charge in [0.05, 0.1) is 7.11 Å². The van der Waals surface area contributed by atoms with Gasteiger partial charge in [-0.15, -0.1) is 0 Å². The minimum Gasteiger partial charge on any atom is -0.504 e. The van der Waals surface area contributed by atoms with Crippen LogP contribution < -0.4 is 4.74 Å². The second kappa shape index (κ2) is 3.95. The summed E-state index contributed by atoms with van der Waals surface area (Å²) in [7, 11) is 1.23. The lowest BCUT2D eigenvalue weighted by Gasteiger charge is -2.10. The number of carboxylic acid groups (broad SMARTS) is 1. The summed E-state index contributed by atoms with van der Waals surface area (Å²) in [5, 5.41) is 17.7. The largest absolute Gasteiger partial charge is 0.504 e. The van der Waals surface area contributed by atoms with Crippen molar-refractivity contribution in [2.24, 2.45) is 0 Å². The number of alkyl halides is 1. The van der Waals surface area contributed by atoms with Crippen molar-refractivity contribution >= 4 is 5.97 Å². The Morgan fingerprint density at radius 1 is 1.57 bits per heavy atom. The van der Waals surface area contributed by atoms with E-state index >= 15 is 0 Å². The number of aliphatic carboxylic acids is 1. The second-order valence-electron chi connectivity index (χ2n) is 2.60. The van der Waals surface area contributed by atoms with Gasteiger partial charge in [-0.2, -0.15) is 0 Å². The molecule has 0 radical (unpaired) electrons. The zero-order valence-electron chi connectivity index (χ0n) is 7.40. The van der Waals surface area contributed by atoms with E-state index in [0.717, 1.165) is 0 Å². The van der Waals surface area contributed by atoms with Crippen molar-refractivity contribution in [1.29, 1.82) is 0 Å². The molecule has 0 fully saturated rings. The zero-order chi connectivity index (χ0) is 10.7. The number of hydrogen-bond acceptors (Lipinski definition) is 3. The summed E-state index contributed by atoms with van der Waals surface area (Å²) in [6.07, 6.45) is -2.20. The SMILES string of the molecule is COc1c(O)cccc1C(F)C(=O)O. The highest BCUT2D eigenvalue weighted by molar-refractivity contribution is 5.76. The molecule has 0 saturated heterocycles. The highest BCUT2D eigenvalue weighted by atomic mass is 19.1. The third kappa shape index (κ3) is 1.76. The van der Waals surface area contributed by atoms with Crippen LogP contribution in [-0.4, -0.2) is 23.3 Å². The Balaban J connectivity index is 3.20. The molecular weight excluding hydrogens is 191 g/mol. The predicted octanol–water partition coefficient (Wildman–Crippen LogP) is 1.50. The van der Waals surface area contributed by atoms with Gasteiger partial charge in [0.25, 0.3) is 0 Å². The Kier molecular flexibility index (Phi) is 2.91. The molecule has 0 aliphatic carbocycles. The van der Waals surface area contributed by atoms with Crippen molar-refractivity contribution in [2.75, 3.05) is 7.11 Å². The fourth-order valence-corrected chi connectivity index (χ4v) is 1.10. The van der Waals surface area contributed by atoms with Gasteiger partial charge in [-0.05, 0) is 6.07 Å². The Labute approximate surface area is 79.6 Å². The fourth-order valence-electron chi connectivity index (χ4n) is 1.10. The Morgan fingerprint density at radius 2 is 2.21 bits per heavy atom. The van der Waals surface area contributed by atoms with E-state index in [1.807, 2.05) is 0 Å². The van der Waals surface area contributed by atoms with Crippen LogP contribution in [0.2, 0.25) is 0 Å². The smallest absolute Gasteiger partial charge is 0.343 e. The molecule has 2 N–H and O–H groups in total. The van der Waals surface area contributed by atoms with Gasteiger partial charge in [0.15, 0.2) is 11.5 Å². The van der Waals surface area contributed by atoms with Gasteiger partial charge in [-0.1, -0.05) is 12.1 Å². The normalized spacial score (nSPS) is 12.1. The summed E-state index contributed by atoms with van der Waals surface area (Å²) in [4.78, 5) is 10.4. The molecule has 5 heteroatoms. The Bertz CT molecular complexity index is 351. The average Bonchev–Trinajstić information content (AvgIpc) is 2.16. The number of hydrogen-bond donors (Lipinski definition) is 2. The van der Waals surface area contributed by atoms with Crippen molar-refractivity contribution in [1.82, 2.24) is 0 Å². The van der Waals surface area contributed by atoms with E-state index in [1.165, 1.54) is 25.3 Å². The highest BCUT2D eigenvalue weighted by Gasteiger charge is 2.23. The molecule has 4 nitrogen and oxygen atoms in total. The van der Waals surface area contributed by atoms with Crippen LogP contribution in [0.1, 0.15) is 11.7 Å². The molecule has 0 aliphatic rings. The van der Waals surface area contributed by atoms with Crippen molar-refractivity contribution in [3.8, 4) is 11.5 Å². The molecule has 0 aliphatic heterocycles. The first-order valence-electron chi connectivity index (χ1n) is 3.80. The Hall–Kier alpha value is -1.78. The van der Waals surface area contributed by atoms with Crippen LogP contribution in [0.3, 0.4) is 0 Å². The average molecular weight is 200 g/mol. The fraction of sp³-hybridized carbons (Fsp3) is 0.222. The van der Waals surface area contributed by atoms with E-state index in [1.54, 1.807) is 0 Å². The van der Waals surface area contributed by atoms with Gasteiger partial charge in [-0.3, -0.25) is 0 Å². The van der Waals surface area contributed by atoms with Gasteiger partial charge in [0.1, 0.15) is 0 Å². The van der Waals surface area contributed by atoms with E-state index in [4.69, 9.17) is 9.84 Å². The highest BCUT2D eigenvalue weighted by Crippen LogP contribution is 2.35. The summed E-state index contributed by atoms with van der Waals surface area (Å²) >= 11 is 0. The number of benzene rings is 1. The van der Waals surface area contributed by atoms with Crippen LogP contribution in [0.4, 0.5) is 4.39 Å². The minimum absolute atomic E-state index is 0.151. The first kappa shape index (κ1) is 10.3. The molecular formula is C9H9FO4. The topological polar surface area (TPSA) is 66.8 Å². The van der Waals surface area contributed by atoms with Gasteiger partial charge >= 0.3 is 5.97 Å². The van der Waals surface area contributed by atoms with Gasteiger partial charge in [-0.25, -0.2) is 9.18 Å². The van der Waals surface area contributed by atoms with Gasteiger partial charge in [0.2, 0.25) is 6.17 Å². The molecule has 0 amide bonds. The molecule has 1 atom stereocenters. The number of para-hydroxylation sites is 1. The molecule has 0 bridgehead atoms. The molecule has 0 spiro atoms. The minimum atomic E-state index is -2.20. The number of aromatic hydroxyl groups is 1. The standard InChI is InChI=1S/C9H9FO4/c1-14-8-5(7(10)9(12)13)3-2-4-6(8)11/h2-4,7,11H,1H3,(H,12,13). The summed E-state index contributed by atoms with van der Waals surface area (Å²) in [5.41, 5.74) is -0.194. The van der Waals surface area contributed by atoms with Crippen LogP contribution in [0.5, 0.6) is 11.5 Å². The lowest BCUT2D eigenvalue weighted by molar-refractivity contribution is -0.143. The molecule has 1 rings (SSSR count). The number of methoxy groups -OCH3 is 1. The molecule has 14 heavy (non-hydrogen) atoms. The molecule has 1 unspecified atom stereocenters. The third-order valence-corrected chi connectivity index (χ3v) is 1.72. The summed E-state index contributed by atoms with van der Waals surface area (Å²) in [6.45, 7) is 0. The van der Waals surface area contributed by atoms with Crippen LogP contribution in [-0.2, 0) is 4.79 Å². The van der Waals surface area contributed by atoms with E-state index in [9.17, 15) is 14.3 Å². The van der Waals surface area contributed by atoms with Crippen LogP contribution in [0.25, 0.3) is 0 Å². The molecule has 1 aromatic rings. The summed E-state index contributed by atoms with van der Waals surface area (Å²) in [6, 6.07) is 3.89. The van der Waals surface area contributed by atoms with Crippen LogP contribution >= 0.6 is 0 Å². The van der Waals surface area contributed by atoms with Crippen molar-refractivity contribution in [2.45, 2.75) is 6.17 Å². The van der Waals surface area contributed by atoms with Gasteiger partial charge < -0.3 is 14.9 Å². The van der Waals surface area contributed by atoms with E-state index in [0.29, 0.717) is 0 Å². The number of ether oxygens (including phenoxy) is 1. The maximum Gasteiger partial charge on any atom is 0.343 e. The summed E-state index contributed by atoms with van der Waals surface area (Å²) < 4.78 is 17.8. The zero-order valence-corrected chi connectivity index (χ0v) is 7.40. The number of rotatable bonds is 3.